The van der Waals surface area contributed by atoms with Crippen molar-refractivity contribution in [3.05, 3.63) is 53.0 Å². The highest BCUT2D eigenvalue weighted by atomic mass is 32.1. The van der Waals surface area contributed by atoms with Crippen molar-refractivity contribution in [2.75, 3.05) is 62.7 Å². The molecule has 1 fully saturated rings. The van der Waals surface area contributed by atoms with Gasteiger partial charge in [-0.15, -0.1) is 11.3 Å². The predicted octanol–water partition coefficient (Wildman–Crippen LogP) is 4.03. The number of likely N-dealkylation sites (N-methyl/N-ethyl adjacent to an activating group) is 1. The van der Waals surface area contributed by atoms with Crippen molar-refractivity contribution < 1.29 is 9.53 Å². The molecule has 4 N–H and O–H groups in total. The van der Waals surface area contributed by atoms with Gasteiger partial charge in [0.2, 0.25) is 5.95 Å². The molecule has 204 valence electrons. The minimum atomic E-state index is 0.105. The molecule has 11 heteroatoms. The highest BCUT2D eigenvalue weighted by Crippen LogP contribution is 2.37. The Bertz CT molecular complexity index is 1460. The van der Waals surface area contributed by atoms with Crippen molar-refractivity contribution in [2.24, 2.45) is 5.73 Å². The summed E-state index contributed by atoms with van der Waals surface area (Å²) in [6, 6.07) is 12.6. The van der Waals surface area contributed by atoms with Crippen LogP contribution in [0.2, 0.25) is 0 Å². The van der Waals surface area contributed by atoms with E-state index in [1.54, 1.807) is 11.3 Å². The smallest absolute Gasteiger partial charge is 0.320 e. The molecule has 3 aromatic heterocycles. The quantitative estimate of drug-likeness (QED) is 0.321. The number of carbonyl (C=O) groups is 1. The van der Waals surface area contributed by atoms with E-state index in [-0.39, 0.29) is 6.03 Å². The predicted molar refractivity (Wildman–Crippen MR) is 156 cm³/mol. The number of hydrogen-bond acceptors (Lipinski definition) is 8. The van der Waals surface area contributed by atoms with E-state index in [0.29, 0.717) is 45.3 Å². The Morgan fingerprint density at radius 1 is 1.18 bits per heavy atom. The molecule has 2 aliphatic heterocycles. The summed E-state index contributed by atoms with van der Waals surface area (Å²) in [4.78, 5) is 34.6. The third-order valence-electron chi connectivity index (χ3n) is 7.32. The molecule has 10 nitrogen and oxygen atoms in total. The summed E-state index contributed by atoms with van der Waals surface area (Å²) >= 11 is 1.76. The molecule has 1 saturated heterocycles. The fourth-order valence-electron chi connectivity index (χ4n) is 5.29. The Kier molecular flexibility index (Phi) is 7.36. The molecular formula is C28H34N8O2S. The third-order valence-corrected chi connectivity index (χ3v) is 8.56. The van der Waals surface area contributed by atoms with E-state index >= 15 is 0 Å². The number of nitrogens with zero attached hydrogens (tertiary/aromatic N) is 5. The van der Waals surface area contributed by atoms with Crippen LogP contribution >= 0.6 is 11.3 Å². The van der Waals surface area contributed by atoms with Crippen molar-refractivity contribution in [3.63, 3.8) is 0 Å². The van der Waals surface area contributed by atoms with Crippen molar-refractivity contribution in [1.82, 2.24) is 24.8 Å². The first-order valence-electron chi connectivity index (χ1n) is 13.5. The summed E-state index contributed by atoms with van der Waals surface area (Å²) < 4.78 is 5.42. The molecule has 2 amide bonds. The molecule has 6 rings (SSSR count). The van der Waals surface area contributed by atoms with Gasteiger partial charge in [-0.2, -0.15) is 4.98 Å². The number of benzene rings is 1. The van der Waals surface area contributed by atoms with Gasteiger partial charge in [0.05, 0.1) is 23.8 Å². The molecule has 0 aliphatic carbocycles. The minimum absolute atomic E-state index is 0.105. The molecule has 0 unspecified atom stereocenters. The number of nitrogens with two attached hydrogens (primary N) is 1. The molecule has 2 aliphatic rings. The first-order valence-corrected chi connectivity index (χ1v) is 14.4. The molecule has 1 aromatic carbocycles. The highest BCUT2D eigenvalue weighted by Gasteiger charge is 2.28. The number of anilines is 3. The topological polar surface area (TPSA) is 116 Å². The molecule has 0 spiro atoms. The van der Waals surface area contributed by atoms with Gasteiger partial charge in [-0.1, -0.05) is 6.07 Å². The molecule has 5 heterocycles. The highest BCUT2D eigenvalue weighted by molar-refractivity contribution is 7.15. The number of rotatable bonds is 7. The number of urea groups is 1. The molecular weight excluding hydrogens is 512 g/mol. The average Bonchev–Trinajstić information content (AvgIpc) is 3.62. The van der Waals surface area contributed by atoms with E-state index in [4.69, 9.17) is 20.4 Å². The van der Waals surface area contributed by atoms with Crippen molar-refractivity contribution in [2.45, 2.75) is 19.9 Å². The summed E-state index contributed by atoms with van der Waals surface area (Å²) in [6.45, 7) is 8.30. The molecule has 4 aromatic rings. The van der Waals surface area contributed by atoms with E-state index in [2.05, 4.69) is 40.3 Å². The number of fused-ring (bicyclic) bond motifs is 2. The Morgan fingerprint density at radius 2 is 2.05 bits per heavy atom. The van der Waals surface area contributed by atoms with Crippen LogP contribution in [0.15, 0.2) is 42.6 Å². The van der Waals surface area contributed by atoms with Crippen LogP contribution in [0, 0.1) is 0 Å². The maximum Gasteiger partial charge on any atom is 0.320 e. The fourth-order valence-corrected chi connectivity index (χ4v) is 6.45. The summed E-state index contributed by atoms with van der Waals surface area (Å²) in [7, 11) is 0. The summed E-state index contributed by atoms with van der Waals surface area (Å²) in [5.41, 5.74) is 10.7. The molecule has 39 heavy (non-hydrogen) atoms. The van der Waals surface area contributed by atoms with E-state index in [0.717, 1.165) is 59.0 Å². The Morgan fingerprint density at radius 3 is 2.87 bits per heavy atom. The normalized spacial score (nSPS) is 15.4. The van der Waals surface area contributed by atoms with Crippen LogP contribution in [-0.4, -0.2) is 83.3 Å². The second kappa shape index (κ2) is 11.2. The van der Waals surface area contributed by atoms with Crippen molar-refractivity contribution in [1.29, 1.82) is 0 Å². The maximum absolute atomic E-state index is 13.1. The van der Waals surface area contributed by atoms with Crippen LogP contribution in [0.1, 0.15) is 17.4 Å². The zero-order valence-corrected chi connectivity index (χ0v) is 23.0. The number of H-pyrrole nitrogens is 1. The van der Waals surface area contributed by atoms with E-state index in [1.807, 2.05) is 34.2 Å². The Hall–Kier alpha value is -3.67. The molecule has 0 radical (unpaired) electrons. The van der Waals surface area contributed by atoms with Gasteiger partial charge < -0.3 is 35.5 Å². The SMILES string of the molecule is CCN(CCN)c1cccc(Nc2nc(-c3cc4c(s3)CCN(C(=O)N3CCOCC3)C4)c3cc[nH]c3n2)c1. The number of carbonyl (C=O) groups excluding carboxylic acids is 1. The number of amides is 2. The van der Waals surface area contributed by atoms with Gasteiger partial charge >= 0.3 is 6.03 Å². The van der Waals surface area contributed by atoms with Crippen LogP contribution in [-0.2, 0) is 17.7 Å². The second-order valence-corrected chi connectivity index (χ2v) is 10.9. The van der Waals surface area contributed by atoms with Gasteiger partial charge in [0.1, 0.15) is 5.65 Å². The minimum Gasteiger partial charge on any atom is -0.378 e. The van der Waals surface area contributed by atoms with Crippen molar-refractivity contribution >= 4 is 45.7 Å². The lowest BCUT2D eigenvalue weighted by Gasteiger charge is -2.34. The lowest BCUT2D eigenvalue weighted by atomic mass is 10.1. The lowest BCUT2D eigenvalue weighted by molar-refractivity contribution is 0.0422. The Balaban J connectivity index is 1.26. The van der Waals surface area contributed by atoms with Crippen LogP contribution in [0.5, 0.6) is 0 Å². The fraction of sp³-hybridized carbons (Fsp3) is 0.393. The Labute approximate surface area is 231 Å². The van der Waals surface area contributed by atoms with Gasteiger partial charge in [0.15, 0.2) is 0 Å². The van der Waals surface area contributed by atoms with Gasteiger partial charge in [-0.3, -0.25) is 0 Å². The third kappa shape index (κ3) is 5.29. The van der Waals surface area contributed by atoms with Crippen LogP contribution in [0.25, 0.3) is 21.6 Å². The first kappa shape index (κ1) is 25.6. The monoisotopic (exact) mass is 546 g/mol. The maximum atomic E-state index is 13.1. The van der Waals surface area contributed by atoms with Crippen molar-refractivity contribution in [3.8, 4) is 10.6 Å². The molecule has 0 bridgehead atoms. The number of nitrogens with one attached hydrogen (secondary N) is 2. The number of aromatic amines is 1. The van der Waals surface area contributed by atoms with Gasteiger partial charge in [0, 0.05) is 73.6 Å². The number of thiophene rings is 1. The summed E-state index contributed by atoms with van der Waals surface area (Å²) in [5, 5.41) is 4.39. The molecule has 0 saturated carbocycles. The van der Waals surface area contributed by atoms with Gasteiger partial charge in [-0.25, -0.2) is 9.78 Å². The second-order valence-electron chi connectivity index (χ2n) is 9.79. The van der Waals surface area contributed by atoms with Crippen LogP contribution < -0.4 is 16.0 Å². The number of ether oxygens (including phenoxy) is 1. The largest absolute Gasteiger partial charge is 0.378 e. The number of morpholine rings is 1. The average molecular weight is 547 g/mol. The van der Waals surface area contributed by atoms with E-state index in [9.17, 15) is 4.79 Å². The zero-order valence-electron chi connectivity index (χ0n) is 22.2. The summed E-state index contributed by atoms with van der Waals surface area (Å²) in [5.74, 6) is 0.537. The van der Waals surface area contributed by atoms with Gasteiger partial charge in [-0.05, 0) is 49.2 Å². The summed E-state index contributed by atoms with van der Waals surface area (Å²) in [6.07, 6.45) is 2.75. The van der Waals surface area contributed by atoms with Gasteiger partial charge in [0.25, 0.3) is 0 Å². The molecule has 0 atom stereocenters. The van der Waals surface area contributed by atoms with E-state index < -0.39 is 0 Å². The van der Waals surface area contributed by atoms with Crippen LogP contribution in [0.3, 0.4) is 0 Å². The number of hydrogen-bond donors (Lipinski definition) is 3. The van der Waals surface area contributed by atoms with Crippen LogP contribution in [0.4, 0.5) is 22.1 Å². The first-order chi connectivity index (χ1) is 19.1. The standard InChI is InChI=1S/C28H34N8O2S/c1-2-34(11-8-29)21-5-3-4-20(17-21)31-27-32-25(22-6-9-30-26(22)33-27)24-16-19-18-36(10-7-23(19)39-24)28(37)35-12-14-38-15-13-35/h3-6,9,16-17H,2,7-8,10-15,18,29H2,1H3,(H2,30,31,32,33). The zero-order chi connectivity index (χ0) is 26.8. The lowest BCUT2D eigenvalue weighted by Crippen LogP contribution is -2.49. The van der Waals surface area contributed by atoms with E-state index in [1.165, 1.54) is 10.4 Å². The number of aromatic nitrogens is 3.